The van der Waals surface area contributed by atoms with Crippen LogP contribution in [0.2, 0.25) is 0 Å². The molecule has 8 N–H and O–H groups in total. The van der Waals surface area contributed by atoms with Gasteiger partial charge in [0.25, 0.3) is 23.9 Å². The van der Waals surface area contributed by atoms with Gasteiger partial charge in [-0.1, -0.05) is 0 Å². The Kier molecular flexibility index (Phi) is 64.4. The van der Waals surface area contributed by atoms with Crippen LogP contribution in [0.3, 0.4) is 0 Å². The van der Waals surface area contributed by atoms with Crippen LogP contribution < -0.4 is 11.5 Å². The maximum atomic E-state index is 9.00. The van der Waals surface area contributed by atoms with Crippen LogP contribution in [0.4, 0.5) is 0 Å². The van der Waals surface area contributed by atoms with Crippen molar-refractivity contribution in [3.8, 4) is 0 Å². The summed E-state index contributed by atoms with van der Waals surface area (Å²) in [5.74, 6) is -3.33. The fourth-order valence-electron chi connectivity index (χ4n) is 0. The van der Waals surface area contributed by atoms with E-state index in [1.807, 2.05) is 0 Å². The second-order valence-electron chi connectivity index (χ2n) is 2.65. The van der Waals surface area contributed by atoms with Gasteiger partial charge in [-0.05, 0) is 0 Å². The number of carboxylic acids is 4. The summed E-state index contributed by atoms with van der Waals surface area (Å²) in [5, 5.41) is 29.7. The minimum atomic E-state index is -0.833. The Labute approximate surface area is 166 Å². The van der Waals surface area contributed by atoms with Crippen molar-refractivity contribution in [3.63, 3.8) is 0 Å². The van der Waals surface area contributed by atoms with Crippen LogP contribution >= 0.6 is 0 Å². The topological polar surface area (TPSA) is 201 Å². The van der Waals surface area contributed by atoms with Gasteiger partial charge in [0, 0.05) is 40.8 Å². The molecule has 11 heteroatoms. The maximum absolute atomic E-state index is 9.00. The standard InChI is InChI=1S/C2H8N2.4C2H4O2.Ba.2H/c3-1-2-4;4*1-2(3)4;;;/h1-4H2;4*1H3,(H,3,4);;;/q;;;;;+2;2*-1. The van der Waals surface area contributed by atoms with Crippen molar-refractivity contribution >= 4 is 72.8 Å². The molecule has 0 aliphatic heterocycles. The smallest absolute Gasteiger partial charge is 1.00 e. The van der Waals surface area contributed by atoms with Crippen LogP contribution in [0, 0.1) is 0 Å². The third kappa shape index (κ3) is 42400. The summed E-state index contributed by atoms with van der Waals surface area (Å²) in [4.78, 5) is 36.0. The molecule has 0 unspecified atom stereocenters. The molecule has 0 fully saturated rings. The Balaban J connectivity index is -0.0000000197. The minimum Gasteiger partial charge on any atom is -1.00 e. The summed E-state index contributed by atoms with van der Waals surface area (Å²) in [6, 6.07) is 0. The van der Waals surface area contributed by atoms with Crippen molar-refractivity contribution in [1.29, 1.82) is 0 Å². The van der Waals surface area contributed by atoms with E-state index in [2.05, 4.69) is 0 Å². The molecular weight excluding hydrogens is 413 g/mol. The first-order valence-electron chi connectivity index (χ1n) is 5.03. The molecule has 0 aromatic heterocycles. The number of nitrogens with two attached hydrogens (primary N) is 2. The summed E-state index contributed by atoms with van der Waals surface area (Å²) in [7, 11) is 0. The molecule has 126 valence electrons. The summed E-state index contributed by atoms with van der Waals surface area (Å²) in [6.07, 6.45) is 0. The van der Waals surface area contributed by atoms with Crippen molar-refractivity contribution < 1.29 is 42.5 Å². The van der Waals surface area contributed by atoms with Gasteiger partial charge in [0.2, 0.25) is 0 Å². The van der Waals surface area contributed by atoms with Crippen LogP contribution in [0.15, 0.2) is 0 Å². The van der Waals surface area contributed by atoms with E-state index < -0.39 is 23.9 Å². The number of hydrogen-bond acceptors (Lipinski definition) is 6. The number of rotatable bonds is 1. The maximum Gasteiger partial charge on any atom is 2.00 e. The van der Waals surface area contributed by atoms with E-state index in [4.69, 9.17) is 51.1 Å². The van der Waals surface area contributed by atoms with E-state index in [-0.39, 0.29) is 51.7 Å². The van der Waals surface area contributed by atoms with E-state index >= 15 is 0 Å². The Morgan fingerprint density at radius 2 is 0.714 bits per heavy atom. The molecule has 21 heavy (non-hydrogen) atoms. The molecule has 0 rings (SSSR count). The van der Waals surface area contributed by atoms with Gasteiger partial charge in [0.15, 0.2) is 0 Å². The van der Waals surface area contributed by atoms with Gasteiger partial charge < -0.3 is 34.7 Å². The average molecular weight is 440 g/mol. The first-order chi connectivity index (χ1) is 8.84. The minimum absolute atomic E-state index is 0. The van der Waals surface area contributed by atoms with Crippen molar-refractivity contribution in [3.05, 3.63) is 0 Å². The Hall–Kier alpha value is -0.629. The number of carbonyl (C=O) groups is 4. The zero-order chi connectivity index (χ0) is 17.7. The molecule has 0 heterocycles. The number of carboxylic acid groups (broad SMARTS) is 4. The summed E-state index contributed by atoms with van der Waals surface area (Å²) in [6.45, 7) is 5.53. The first-order valence-corrected chi connectivity index (χ1v) is 5.03. The molecule has 0 saturated carbocycles. The fraction of sp³-hybridized carbons (Fsp3) is 0.600. The van der Waals surface area contributed by atoms with Crippen LogP contribution in [0.25, 0.3) is 0 Å². The van der Waals surface area contributed by atoms with Crippen molar-refractivity contribution in [2.24, 2.45) is 11.5 Å². The molecule has 0 aliphatic carbocycles. The van der Waals surface area contributed by atoms with Gasteiger partial charge in [0.05, 0.1) is 0 Å². The Morgan fingerprint density at radius 3 is 0.714 bits per heavy atom. The van der Waals surface area contributed by atoms with Gasteiger partial charge in [0.1, 0.15) is 0 Å². The van der Waals surface area contributed by atoms with Crippen molar-refractivity contribution in [2.75, 3.05) is 13.1 Å². The van der Waals surface area contributed by atoms with Gasteiger partial charge in [-0.3, -0.25) is 19.2 Å². The van der Waals surface area contributed by atoms with Crippen molar-refractivity contribution in [1.82, 2.24) is 0 Å². The summed E-state index contributed by atoms with van der Waals surface area (Å²) in [5.41, 5.74) is 9.81. The molecule has 0 amide bonds. The molecular formula is C10H26BaN2O8. The first kappa shape index (κ1) is 37.0. The van der Waals surface area contributed by atoms with E-state index in [1.54, 1.807) is 0 Å². The monoisotopic (exact) mass is 440 g/mol. The Bertz CT molecular complexity index is 205. The van der Waals surface area contributed by atoms with E-state index in [9.17, 15) is 0 Å². The van der Waals surface area contributed by atoms with Gasteiger partial charge >= 0.3 is 48.9 Å². The van der Waals surface area contributed by atoms with Crippen LogP contribution in [0.1, 0.15) is 30.5 Å². The van der Waals surface area contributed by atoms with Gasteiger partial charge in [-0.15, -0.1) is 0 Å². The second kappa shape index (κ2) is 36.6. The zero-order valence-electron chi connectivity index (χ0n) is 14.7. The fourth-order valence-corrected chi connectivity index (χ4v) is 0. The molecule has 0 saturated heterocycles. The van der Waals surface area contributed by atoms with E-state index in [0.29, 0.717) is 13.1 Å². The largest absolute Gasteiger partial charge is 2.00 e. The number of hydrogen-bond donors (Lipinski definition) is 6. The molecule has 0 aliphatic rings. The van der Waals surface area contributed by atoms with Crippen LogP contribution in [0.5, 0.6) is 0 Å². The zero-order valence-corrected chi connectivity index (χ0v) is 17.1. The molecule has 0 spiro atoms. The Morgan fingerprint density at radius 1 is 0.667 bits per heavy atom. The molecule has 10 nitrogen and oxygen atoms in total. The molecule has 0 atom stereocenters. The molecule has 0 radical (unpaired) electrons. The number of aliphatic carboxylic acids is 4. The summed E-state index contributed by atoms with van der Waals surface area (Å²) < 4.78 is 0. The van der Waals surface area contributed by atoms with Crippen LogP contribution in [-0.4, -0.2) is 106 Å². The third-order valence-corrected chi connectivity index (χ3v) is 0.167. The third-order valence-electron chi connectivity index (χ3n) is 0.167. The predicted molar refractivity (Wildman–Crippen MR) is 79.3 cm³/mol. The normalized spacial score (nSPS) is 6.19. The quantitative estimate of drug-likeness (QED) is 0.278. The SMILES string of the molecule is CC(=O)O.CC(=O)O.CC(=O)O.CC(=O)O.NCCN.[Ba+2].[H-].[H-]. The second-order valence-corrected chi connectivity index (χ2v) is 2.65. The van der Waals surface area contributed by atoms with E-state index in [0.717, 1.165) is 27.7 Å². The van der Waals surface area contributed by atoms with Gasteiger partial charge in [-0.2, -0.15) is 0 Å². The molecule has 0 aromatic rings. The van der Waals surface area contributed by atoms with E-state index in [1.165, 1.54) is 0 Å². The predicted octanol–water partition coefficient (Wildman–Crippen LogP) is -0.888. The molecule has 0 bridgehead atoms. The van der Waals surface area contributed by atoms with Crippen molar-refractivity contribution in [2.45, 2.75) is 27.7 Å². The van der Waals surface area contributed by atoms with Crippen LogP contribution in [-0.2, 0) is 19.2 Å². The summed E-state index contributed by atoms with van der Waals surface area (Å²) >= 11 is 0. The molecule has 0 aromatic carbocycles. The average Bonchev–Trinajstić information content (AvgIpc) is 2.13. The van der Waals surface area contributed by atoms with Gasteiger partial charge in [-0.25, -0.2) is 0 Å².